The van der Waals surface area contributed by atoms with Crippen molar-refractivity contribution in [1.82, 2.24) is 14.9 Å². The number of piperidine rings is 1. The normalized spacial score (nSPS) is 17.9. The zero-order chi connectivity index (χ0) is 18.7. The minimum absolute atomic E-state index is 0.511. The number of hydrogen-bond donors (Lipinski definition) is 1. The highest BCUT2D eigenvalue weighted by Gasteiger charge is 2.20. The molecule has 0 radical (unpaired) electrons. The van der Waals surface area contributed by atoms with Crippen molar-refractivity contribution in [3.8, 4) is 11.6 Å². The lowest BCUT2D eigenvalue weighted by atomic mass is 10.0. The number of aromatic nitrogens is 2. The van der Waals surface area contributed by atoms with Gasteiger partial charge in [0.25, 0.3) is 0 Å². The van der Waals surface area contributed by atoms with Crippen molar-refractivity contribution >= 4 is 43.3 Å². The highest BCUT2D eigenvalue weighted by atomic mass is 79.9. The van der Waals surface area contributed by atoms with E-state index in [1.54, 1.807) is 11.3 Å². The van der Waals surface area contributed by atoms with E-state index in [1.165, 1.54) is 30.7 Å². The monoisotopic (exact) mass is 436 g/mol. The molecule has 5 nitrogen and oxygen atoms in total. The summed E-state index contributed by atoms with van der Waals surface area (Å²) in [5, 5.41) is 0.939. The van der Waals surface area contributed by atoms with Gasteiger partial charge < -0.3 is 10.2 Å². The van der Waals surface area contributed by atoms with E-state index >= 15 is 0 Å². The molecule has 4 heterocycles. The van der Waals surface area contributed by atoms with Gasteiger partial charge in [-0.3, -0.25) is 4.90 Å². The van der Waals surface area contributed by atoms with Crippen molar-refractivity contribution in [2.75, 3.05) is 12.3 Å². The number of nitrogens with zero attached hydrogens (tertiary/aromatic N) is 3. The summed E-state index contributed by atoms with van der Waals surface area (Å²) in [7, 11) is 0. The summed E-state index contributed by atoms with van der Waals surface area (Å²) in [6.07, 6.45) is 3.91. The van der Waals surface area contributed by atoms with Crippen molar-refractivity contribution in [1.29, 1.82) is 0 Å². The average molecular weight is 437 g/mol. The fraction of sp³-hybridized carbons (Fsp3) is 0.474. The molecule has 0 bridgehead atoms. The van der Waals surface area contributed by atoms with E-state index in [1.807, 2.05) is 26.0 Å². The van der Waals surface area contributed by atoms with Gasteiger partial charge in [-0.15, -0.1) is 11.3 Å². The Morgan fingerprint density at radius 2 is 2.12 bits per heavy atom. The van der Waals surface area contributed by atoms with Gasteiger partial charge in [0.1, 0.15) is 10.6 Å². The molecule has 4 rings (SSSR count). The van der Waals surface area contributed by atoms with Crippen LogP contribution in [-0.4, -0.2) is 27.5 Å². The number of nitrogens with two attached hydrogens (primary N) is 1. The van der Waals surface area contributed by atoms with Gasteiger partial charge in [-0.1, -0.05) is 20.3 Å². The van der Waals surface area contributed by atoms with E-state index in [-0.39, 0.29) is 0 Å². The summed E-state index contributed by atoms with van der Waals surface area (Å²) >= 11 is 5.00. The maximum atomic E-state index is 6.16. The predicted octanol–water partition coefficient (Wildman–Crippen LogP) is 5.70. The molecule has 26 heavy (non-hydrogen) atoms. The van der Waals surface area contributed by atoms with E-state index in [2.05, 4.69) is 43.8 Å². The van der Waals surface area contributed by atoms with E-state index in [0.717, 1.165) is 16.8 Å². The molecule has 140 valence electrons. The first-order chi connectivity index (χ1) is 12.6. The molecule has 1 atom stereocenters. The lowest BCUT2D eigenvalue weighted by Gasteiger charge is -2.32. The van der Waals surface area contributed by atoms with Gasteiger partial charge in [0, 0.05) is 17.5 Å². The third-order valence-electron chi connectivity index (χ3n) is 4.57. The highest BCUT2D eigenvalue weighted by Crippen LogP contribution is 2.32. The number of rotatable bonds is 3. The van der Waals surface area contributed by atoms with Gasteiger partial charge in [-0.05, 0) is 60.4 Å². The molecule has 0 unspecified atom stereocenters. The molecule has 1 aliphatic rings. The zero-order valence-electron chi connectivity index (χ0n) is 15.5. The first-order valence-corrected chi connectivity index (χ1v) is 10.8. The fourth-order valence-electron chi connectivity index (χ4n) is 3.21. The number of hydrogen-bond acceptors (Lipinski definition) is 6. The Balaban J connectivity index is 0.000000948. The number of halogens is 1. The first-order valence-electron chi connectivity index (χ1n) is 9.16. The van der Waals surface area contributed by atoms with Crippen LogP contribution >= 0.6 is 27.3 Å². The Morgan fingerprint density at radius 3 is 2.81 bits per heavy atom. The first kappa shape index (κ1) is 19.3. The van der Waals surface area contributed by atoms with Gasteiger partial charge in [0.15, 0.2) is 16.3 Å². The summed E-state index contributed by atoms with van der Waals surface area (Å²) in [5.41, 5.74) is 6.16. The van der Waals surface area contributed by atoms with Crippen molar-refractivity contribution < 1.29 is 4.42 Å². The van der Waals surface area contributed by atoms with Crippen molar-refractivity contribution in [3.63, 3.8) is 0 Å². The number of fused-ring (bicyclic) bond motifs is 1. The Labute approximate surface area is 166 Å². The summed E-state index contributed by atoms with van der Waals surface area (Å²) in [6.45, 7) is 8.44. The molecule has 2 N–H and O–H groups in total. The Hall–Kier alpha value is -1.44. The van der Waals surface area contributed by atoms with Crippen LogP contribution in [0.3, 0.4) is 0 Å². The Bertz CT molecular complexity index is 876. The van der Waals surface area contributed by atoms with Crippen molar-refractivity contribution in [2.45, 2.75) is 52.6 Å². The van der Waals surface area contributed by atoms with Crippen LogP contribution in [0.4, 0.5) is 5.82 Å². The zero-order valence-corrected chi connectivity index (χ0v) is 17.9. The minimum Gasteiger partial charge on any atom is -0.446 e. The average Bonchev–Trinajstić information content (AvgIpc) is 3.25. The molecule has 1 aliphatic heterocycles. The van der Waals surface area contributed by atoms with E-state index in [9.17, 15) is 0 Å². The quantitative estimate of drug-likeness (QED) is 0.570. The van der Waals surface area contributed by atoms with Crippen LogP contribution in [0, 0.1) is 0 Å². The number of thiophene rings is 1. The molecule has 0 spiro atoms. The lowest BCUT2D eigenvalue weighted by molar-refractivity contribution is 0.154. The maximum absolute atomic E-state index is 6.16. The smallest absolute Gasteiger partial charge is 0.199 e. The Kier molecular flexibility index (Phi) is 6.32. The molecular formula is C19H25BrN4OS. The Morgan fingerprint density at radius 1 is 1.31 bits per heavy atom. The third kappa shape index (κ3) is 4.10. The van der Waals surface area contributed by atoms with Gasteiger partial charge in [0.2, 0.25) is 0 Å². The molecule has 0 amide bonds. The van der Waals surface area contributed by atoms with Crippen LogP contribution in [0.2, 0.25) is 0 Å². The summed E-state index contributed by atoms with van der Waals surface area (Å²) in [5.74, 6) is 1.66. The second-order valence-corrected chi connectivity index (χ2v) is 8.18. The molecule has 7 heteroatoms. The number of nitrogen functional groups attached to an aromatic ring is 1. The SMILES string of the molecule is CC.C[C@H]1CCCCN1Cc1cc2c(N)nc(-c3ccc(Br)o3)nc2s1. The van der Waals surface area contributed by atoms with E-state index < -0.39 is 0 Å². The number of likely N-dealkylation sites (tertiary alicyclic amines) is 1. The van der Waals surface area contributed by atoms with E-state index in [0.29, 0.717) is 28.1 Å². The topological polar surface area (TPSA) is 68.2 Å². The number of anilines is 1. The minimum atomic E-state index is 0.511. The van der Waals surface area contributed by atoms with Gasteiger partial charge >= 0.3 is 0 Å². The molecule has 0 saturated carbocycles. The summed E-state index contributed by atoms with van der Waals surface area (Å²) < 4.78 is 6.21. The predicted molar refractivity (Wildman–Crippen MR) is 112 cm³/mol. The summed E-state index contributed by atoms with van der Waals surface area (Å²) in [4.78, 5) is 13.8. The molecule has 0 aliphatic carbocycles. The molecule has 1 saturated heterocycles. The van der Waals surface area contributed by atoms with Gasteiger partial charge in [0.05, 0.1) is 5.39 Å². The molecule has 3 aromatic rings. The van der Waals surface area contributed by atoms with Gasteiger partial charge in [-0.25, -0.2) is 9.97 Å². The maximum Gasteiger partial charge on any atom is 0.199 e. The second kappa shape index (κ2) is 8.50. The van der Waals surface area contributed by atoms with Crippen LogP contribution in [0.1, 0.15) is 44.9 Å². The van der Waals surface area contributed by atoms with Gasteiger partial charge in [-0.2, -0.15) is 0 Å². The highest BCUT2D eigenvalue weighted by molar-refractivity contribution is 9.10. The van der Waals surface area contributed by atoms with Crippen LogP contribution in [-0.2, 0) is 6.54 Å². The van der Waals surface area contributed by atoms with E-state index in [4.69, 9.17) is 10.2 Å². The largest absolute Gasteiger partial charge is 0.446 e. The second-order valence-electron chi connectivity index (χ2n) is 6.28. The molecule has 3 aromatic heterocycles. The van der Waals surface area contributed by atoms with Crippen LogP contribution in [0.25, 0.3) is 21.8 Å². The summed E-state index contributed by atoms with van der Waals surface area (Å²) in [6, 6.07) is 6.45. The molecule has 0 aromatic carbocycles. The standard InChI is InChI=1S/C17H19BrN4OS.C2H6/c1-10-4-2-3-7-22(10)9-11-8-12-15(19)20-16(21-17(12)24-11)13-5-6-14(18)23-13;1-2/h5-6,8,10H,2-4,7,9H2,1H3,(H2,19,20,21);1-2H3/t10-;/m0./s1. The number of furan rings is 1. The lowest BCUT2D eigenvalue weighted by Crippen LogP contribution is -2.36. The van der Waals surface area contributed by atoms with Crippen LogP contribution < -0.4 is 5.73 Å². The third-order valence-corrected chi connectivity index (χ3v) is 6.01. The molecular weight excluding hydrogens is 412 g/mol. The van der Waals surface area contributed by atoms with Crippen molar-refractivity contribution in [2.24, 2.45) is 0 Å². The fourth-order valence-corrected chi connectivity index (χ4v) is 4.58. The van der Waals surface area contributed by atoms with Crippen LogP contribution in [0.5, 0.6) is 0 Å². The molecule has 1 fully saturated rings. The van der Waals surface area contributed by atoms with Crippen molar-refractivity contribution in [3.05, 3.63) is 27.7 Å². The van der Waals surface area contributed by atoms with Crippen LogP contribution in [0.15, 0.2) is 27.3 Å².